The molecule has 0 aliphatic carbocycles. The van der Waals surface area contributed by atoms with Gasteiger partial charge in [-0.2, -0.15) is 4.80 Å². The number of nitro groups is 1. The predicted molar refractivity (Wildman–Crippen MR) is 151 cm³/mol. The number of fused-ring (bicyclic) bond motifs is 1. The van der Waals surface area contributed by atoms with E-state index in [1.807, 2.05) is 25.1 Å². The Kier molecular flexibility index (Phi) is 6.84. The first kappa shape index (κ1) is 25.7. The molecule has 0 unspecified atom stereocenters. The van der Waals surface area contributed by atoms with Crippen LogP contribution in [-0.2, 0) is 0 Å². The molecule has 10 heteroatoms. The second-order valence-corrected chi connectivity index (χ2v) is 9.23. The van der Waals surface area contributed by atoms with Crippen molar-refractivity contribution in [3.05, 3.63) is 93.7 Å². The van der Waals surface area contributed by atoms with Crippen LogP contribution in [0.25, 0.3) is 28.0 Å². The van der Waals surface area contributed by atoms with Gasteiger partial charge in [0, 0.05) is 30.5 Å². The molecule has 39 heavy (non-hydrogen) atoms. The second kappa shape index (κ2) is 10.4. The molecular weight excluding hydrogens is 496 g/mol. The molecule has 5 aromatic rings. The fraction of sp³-hybridized carbons (Fsp3) is 0.207. The molecule has 1 N–H and O–H groups in total. The van der Waals surface area contributed by atoms with Gasteiger partial charge < -0.3 is 14.6 Å². The maximum Gasteiger partial charge on any atom is 0.291 e. The third-order valence-electron chi connectivity index (χ3n) is 6.63. The Morgan fingerprint density at radius 1 is 0.974 bits per heavy atom. The number of hydrogen-bond acceptors (Lipinski definition) is 7. The van der Waals surface area contributed by atoms with Crippen LogP contribution in [0.3, 0.4) is 0 Å². The predicted octanol–water partition coefficient (Wildman–Crippen LogP) is 6.30. The molecule has 10 nitrogen and oxygen atoms in total. The highest BCUT2D eigenvalue weighted by Gasteiger charge is 2.21. The Morgan fingerprint density at radius 2 is 1.67 bits per heavy atom. The zero-order valence-electron chi connectivity index (χ0n) is 22.1. The van der Waals surface area contributed by atoms with Crippen LogP contribution in [-0.4, -0.2) is 38.9 Å². The van der Waals surface area contributed by atoms with Gasteiger partial charge in [0.2, 0.25) is 0 Å². The van der Waals surface area contributed by atoms with E-state index < -0.39 is 10.8 Å². The smallest absolute Gasteiger partial charge is 0.291 e. The first-order chi connectivity index (χ1) is 18.8. The molecule has 0 aliphatic heterocycles. The van der Waals surface area contributed by atoms with Crippen LogP contribution in [0.4, 0.5) is 17.1 Å². The molecule has 0 saturated heterocycles. The molecule has 0 fully saturated rings. The minimum absolute atomic E-state index is 0.0383. The number of nitrogens with zero attached hydrogens (tertiary/aromatic N) is 5. The molecule has 3 aromatic carbocycles. The Balaban J connectivity index is 1.38. The molecule has 0 aliphatic rings. The van der Waals surface area contributed by atoms with Crippen molar-refractivity contribution in [2.75, 3.05) is 23.3 Å². The largest absolute Gasteiger partial charge is 0.451 e. The monoisotopic (exact) mass is 524 g/mol. The van der Waals surface area contributed by atoms with Crippen LogP contribution in [0.5, 0.6) is 0 Å². The minimum Gasteiger partial charge on any atom is -0.451 e. The van der Waals surface area contributed by atoms with Crippen LogP contribution in [0.15, 0.2) is 71.1 Å². The van der Waals surface area contributed by atoms with Crippen LogP contribution in [0.1, 0.15) is 35.5 Å². The second-order valence-electron chi connectivity index (χ2n) is 9.23. The number of nitro benzene ring substituents is 1. The van der Waals surface area contributed by atoms with Crippen molar-refractivity contribution in [3.63, 3.8) is 0 Å². The maximum absolute atomic E-state index is 13.0. The average molecular weight is 525 g/mol. The number of hydrogen-bond donors (Lipinski definition) is 1. The van der Waals surface area contributed by atoms with Gasteiger partial charge in [0.25, 0.3) is 11.6 Å². The molecule has 0 bridgehead atoms. The topological polar surface area (TPSA) is 119 Å². The SMILES string of the molecule is CCN(CC)c1ccc(-n2nc3cc(C)c(NC(=O)c4ccc(-c5ccc(C)cc5[N+](=O)[O-])o4)cc3n2)cc1. The Bertz CT molecular complexity index is 1680. The van der Waals surface area contributed by atoms with Gasteiger partial charge in [-0.3, -0.25) is 14.9 Å². The van der Waals surface area contributed by atoms with Gasteiger partial charge in [0.15, 0.2) is 5.76 Å². The number of rotatable bonds is 8. The lowest BCUT2D eigenvalue weighted by Gasteiger charge is -2.20. The third kappa shape index (κ3) is 5.08. The number of amides is 1. The third-order valence-corrected chi connectivity index (χ3v) is 6.63. The zero-order valence-corrected chi connectivity index (χ0v) is 22.1. The van der Waals surface area contributed by atoms with Crippen LogP contribution in [0, 0.1) is 24.0 Å². The highest BCUT2D eigenvalue weighted by molar-refractivity contribution is 6.04. The number of nitrogens with one attached hydrogen (secondary N) is 1. The molecule has 198 valence electrons. The first-order valence-electron chi connectivity index (χ1n) is 12.7. The van der Waals surface area contributed by atoms with Crippen molar-refractivity contribution in [1.82, 2.24) is 15.0 Å². The van der Waals surface area contributed by atoms with E-state index in [4.69, 9.17) is 4.42 Å². The van der Waals surface area contributed by atoms with Crippen molar-refractivity contribution in [3.8, 4) is 17.0 Å². The Morgan fingerprint density at radius 3 is 2.33 bits per heavy atom. The van der Waals surface area contributed by atoms with E-state index in [1.54, 1.807) is 36.0 Å². The summed E-state index contributed by atoms with van der Waals surface area (Å²) in [6.07, 6.45) is 0. The van der Waals surface area contributed by atoms with Gasteiger partial charge in [-0.05, 0) is 93.4 Å². The van der Waals surface area contributed by atoms with Gasteiger partial charge in [0.1, 0.15) is 16.8 Å². The van der Waals surface area contributed by atoms with Crippen molar-refractivity contribution in [2.24, 2.45) is 0 Å². The van der Waals surface area contributed by atoms with Crippen LogP contribution >= 0.6 is 0 Å². The van der Waals surface area contributed by atoms with Crippen molar-refractivity contribution in [1.29, 1.82) is 0 Å². The zero-order chi connectivity index (χ0) is 27.7. The molecule has 2 heterocycles. The minimum atomic E-state index is -0.474. The summed E-state index contributed by atoms with van der Waals surface area (Å²) < 4.78 is 5.71. The molecule has 0 saturated carbocycles. The summed E-state index contributed by atoms with van der Waals surface area (Å²) in [5, 5.41) is 23.6. The van der Waals surface area contributed by atoms with Crippen molar-refractivity contribution in [2.45, 2.75) is 27.7 Å². The van der Waals surface area contributed by atoms with Crippen molar-refractivity contribution >= 4 is 34.0 Å². The fourth-order valence-corrected chi connectivity index (χ4v) is 4.49. The number of carbonyl (C=O) groups excluding carboxylic acids is 1. The highest BCUT2D eigenvalue weighted by Crippen LogP contribution is 2.32. The van der Waals surface area contributed by atoms with E-state index in [9.17, 15) is 14.9 Å². The Labute approximate surface area is 225 Å². The summed E-state index contributed by atoms with van der Waals surface area (Å²) in [6.45, 7) is 9.75. The Hall–Kier alpha value is -4.99. The summed E-state index contributed by atoms with van der Waals surface area (Å²) in [7, 11) is 0. The summed E-state index contributed by atoms with van der Waals surface area (Å²) in [5.74, 6) is -0.192. The van der Waals surface area contributed by atoms with E-state index in [0.29, 0.717) is 22.3 Å². The lowest BCUT2D eigenvalue weighted by atomic mass is 10.1. The standard InChI is InChI=1S/C29H28N6O4/c1-5-33(6-2)20-8-10-21(11-9-20)34-31-24-16-19(4)23(17-25(24)32-34)30-29(36)28-14-13-27(39-28)22-12-7-18(3)15-26(22)35(37)38/h7-17H,5-6H2,1-4H3,(H,30,36). The van der Waals surface area contributed by atoms with E-state index >= 15 is 0 Å². The van der Waals surface area contributed by atoms with Crippen molar-refractivity contribution < 1.29 is 14.1 Å². The molecule has 5 rings (SSSR count). The molecular formula is C29H28N6O4. The number of furan rings is 1. The van der Waals surface area contributed by atoms with Crippen LogP contribution in [0.2, 0.25) is 0 Å². The van der Waals surface area contributed by atoms with E-state index in [0.717, 1.165) is 35.6 Å². The molecule has 2 aromatic heterocycles. The molecule has 0 atom stereocenters. The van der Waals surface area contributed by atoms with Gasteiger partial charge in [0.05, 0.1) is 16.2 Å². The molecule has 1 amide bonds. The number of benzene rings is 3. The number of anilines is 2. The van der Waals surface area contributed by atoms with Gasteiger partial charge in [-0.15, -0.1) is 10.2 Å². The quantitative estimate of drug-likeness (QED) is 0.187. The summed E-state index contributed by atoms with van der Waals surface area (Å²) in [5.41, 5.74) is 5.65. The van der Waals surface area contributed by atoms with E-state index in [-0.39, 0.29) is 17.2 Å². The van der Waals surface area contributed by atoms with Gasteiger partial charge >= 0.3 is 0 Å². The molecule has 0 radical (unpaired) electrons. The average Bonchev–Trinajstić information content (AvgIpc) is 3.57. The lowest BCUT2D eigenvalue weighted by Crippen LogP contribution is -2.21. The van der Waals surface area contributed by atoms with E-state index in [1.165, 1.54) is 12.1 Å². The van der Waals surface area contributed by atoms with Gasteiger partial charge in [-0.1, -0.05) is 6.07 Å². The van der Waals surface area contributed by atoms with Crippen LogP contribution < -0.4 is 10.2 Å². The van der Waals surface area contributed by atoms with E-state index in [2.05, 4.69) is 46.4 Å². The fourth-order valence-electron chi connectivity index (χ4n) is 4.49. The maximum atomic E-state index is 13.0. The summed E-state index contributed by atoms with van der Waals surface area (Å²) in [6, 6.07) is 19.6. The molecule has 0 spiro atoms. The number of aromatic nitrogens is 3. The lowest BCUT2D eigenvalue weighted by molar-refractivity contribution is -0.384. The summed E-state index contributed by atoms with van der Waals surface area (Å²) in [4.78, 5) is 27.9. The number of aryl methyl sites for hydroxylation is 2. The highest BCUT2D eigenvalue weighted by atomic mass is 16.6. The first-order valence-corrected chi connectivity index (χ1v) is 12.7. The normalized spacial score (nSPS) is 11.1. The summed E-state index contributed by atoms with van der Waals surface area (Å²) >= 11 is 0. The number of carbonyl (C=O) groups is 1. The van der Waals surface area contributed by atoms with Gasteiger partial charge in [-0.25, -0.2) is 0 Å².